The molecule has 0 heterocycles. The number of nitrogens with one attached hydrogen (secondary N) is 1. The molecule has 0 aromatic heterocycles. The molecule has 0 aliphatic heterocycles. The van der Waals surface area contributed by atoms with Gasteiger partial charge in [-0.15, -0.1) is 0 Å². The second-order valence-corrected chi connectivity index (χ2v) is 8.08. The summed E-state index contributed by atoms with van der Waals surface area (Å²) in [7, 11) is 0. The van der Waals surface area contributed by atoms with E-state index in [1.165, 1.54) is 51.4 Å². The van der Waals surface area contributed by atoms with E-state index in [4.69, 9.17) is 0 Å². The number of rotatable bonds is 12. The van der Waals surface area contributed by atoms with Crippen LogP contribution in [0, 0.1) is 11.8 Å². The number of hydrogen-bond donors (Lipinski definition) is 1. The van der Waals surface area contributed by atoms with Gasteiger partial charge in [-0.2, -0.15) is 10.2 Å². The summed E-state index contributed by atoms with van der Waals surface area (Å²) in [6, 6.07) is 17.2. The van der Waals surface area contributed by atoms with Crippen molar-refractivity contribution < 1.29 is 4.79 Å². The Bertz CT molecular complexity index is 770. The first-order chi connectivity index (χ1) is 14.3. The van der Waals surface area contributed by atoms with Crippen molar-refractivity contribution >= 4 is 23.0 Å². The number of carbonyl (C=O) groups excluding carboxylic acids is 1. The Balaban J connectivity index is 1.34. The van der Waals surface area contributed by atoms with Crippen LogP contribution in [0.5, 0.6) is 0 Å². The normalized spacial score (nSPS) is 18.1. The number of hydrogen-bond acceptors (Lipinski definition) is 3. The lowest BCUT2D eigenvalue weighted by Crippen LogP contribution is -2.14. The fourth-order valence-corrected chi connectivity index (χ4v) is 3.71. The van der Waals surface area contributed by atoms with Gasteiger partial charge >= 0.3 is 0 Å². The lowest BCUT2D eigenvalue weighted by Gasteiger charge is -2.05. The number of anilines is 1. The molecule has 154 valence electrons. The van der Waals surface area contributed by atoms with Crippen LogP contribution in [-0.2, 0) is 4.79 Å². The molecule has 2 atom stereocenters. The fraction of sp³-hybridized carbons (Fsp3) is 0.480. The van der Waals surface area contributed by atoms with Gasteiger partial charge in [-0.25, -0.2) is 0 Å². The molecule has 2 unspecified atom stereocenters. The van der Waals surface area contributed by atoms with Gasteiger partial charge in [-0.3, -0.25) is 4.79 Å². The molecule has 0 spiro atoms. The summed E-state index contributed by atoms with van der Waals surface area (Å²) < 4.78 is 0. The Morgan fingerprint density at radius 1 is 0.862 bits per heavy atom. The number of benzene rings is 2. The minimum Gasteiger partial charge on any atom is -0.326 e. The Hall–Kier alpha value is -2.49. The van der Waals surface area contributed by atoms with Gasteiger partial charge in [-0.05, 0) is 55.2 Å². The monoisotopic (exact) mass is 391 g/mol. The number of azo groups is 1. The van der Waals surface area contributed by atoms with Gasteiger partial charge in [0, 0.05) is 11.6 Å². The summed E-state index contributed by atoms with van der Waals surface area (Å²) in [6.45, 7) is 2.25. The lowest BCUT2D eigenvalue weighted by atomic mass is 10.1. The topological polar surface area (TPSA) is 53.8 Å². The summed E-state index contributed by atoms with van der Waals surface area (Å²) in [5, 5.41) is 11.5. The number of amides is 1. The predicted molar refractivity (Wildman–Crippen MR) is 120 cm³/mol. The molecule has 0 saturated heterocycles. The van der Waals surface area contributed by atoms with E-state index in [1.54, 1.807) is 0 Å². The molecule has 4 nitrogen and oxygen atoms in total. The Morgan fingerprint density at radius 2 is 1.48 bits per heavy atom. The van der Waals surface area contributed by atoms with Crippen LogP contribution >= 0.6 is 0 Å². The Morgan fingerprint density at radius 3 is 2.17 bits per heavy atom. The van der Waals surface area contributed by atoms with E-state index in [0.29, 0.717) is 5.92 Å². The number of unbranched alkanes of at least 4 members (excludes halogenated alkanes) is 6. The van der Waals surface area contributed by atoms with Gasteiger partial charge < -0.3 is 5.32 Å². The van der Waals surface area contributed by atoms with E-state index in [0.717, 1.165) is 23.5 Å². The predicted octanol–water partition coefficient (Wildman–Crippen LogP) is 7.82. The van der Waals surface area contributed by atoms with Crippen molar-refractivity contribution in [3.8, 4) is 0 Å². The van der Waals surface area contributed by atoms with Gasteiger partial charge in [0.15, 0.2) is 0 Å². The van der Waals surface area contributed by atoms with Crippen LogP contribution in [0.3, 0.4) is 0 Å². The van der Waals surface area contributed by atoms with Crippen molar-refractivity contribution in [3.05, 3.63) is 54.6 Å². The first-order valence-corrected chi connectivity index (χ1v) is 11.1. The molecule has 1 fully saturated rings. The van der Waals surface area contributed by atoms with Gasteiger partial charge in [0.25, 0.3) is 0 Å². The van der Waals surface area contributed by atoms with Crippen molar-refractivity contribution in [2.24, 2.45) is 22.1 Å². The molecule has 0 radical (unpaired) electrons. The smallest absolute Gasteiger partial charge is 0.227 e. The quantitative estimate of drug-likeness (QED) is 0.291. The van der Waals surface area contributed by atoms with Gasteiger partial charge in [0.2, 0.25) is 5.91 Å². The Kier molecular flexibility index (Phi) is 8.41. The molecular weight excluding hydrogens is 358 g/mol. The van der Waals surface area contributed by atoms with Crippen molar-refractivity contribution in [1.82, 2.24) is 0 Å². The highest BCUT2D eigenvalue weighted by atomic mass is 16.2. The van der Waals surface area contributed by atoms with Crippen LogP contribution in [0.25, 0.3) is 0 Å². The largest absolute Gasteiger partial charge is 0.326 e. The van der Waals surface area contributed by atoms with Crippen LogP contribution in [-0.4, -0.2) is 5.91 Å². The average molecular weight is 392 g/mol. The maximum absolute atomic E-state index is 12.4. The third-order valence-corrected chi connectivity index (χ3v) is 5.61. The molecule has 1 aliphatic carbocycles. The van der Waals surface area contributed by atoms with E-state index < -0.39 is 0 Å². The van der Waals surface area contributed by atoms with Crippen molar-refractivity contribution in [3.63, 3.8) is 0 Å². The van der Waals surface area contributed by atoms with E-state index in [-0.39, 0.29) is 11.8 Å². The van der Waals surface area contributed by atoms with Crippen molar-refractivity contribution in [2.75, 3.05) is 5.32 Å². The van der Waals surface area contributed by atoms with Crippen LogP contribution < -0.4 is 5.32 Å². The fourth-order valence-electron chi connectivity index (χ4n) is 3.71. The average Bonchev–Trinajstić information content (AvgIpc) is 3.53. The number of carbonyl (C=O) groups is 1. The zero-order valence-electron chi connectivity index (χ0n) is 17.5. The summed E-state index contributed by atoms with van der Waals surface area (Å²) in [6.07, 6.45) is 11.6. The molecule has 3 rings (SSSR count). The molecule has 2 aromatic rings. The third kappa shape index (κ3) is 7.45. The van der Waals surface area contributed by atoms with Crippen LogP contribution in [0.2, 0.25) is 0 Å². The molecular formula is C25H33N3O. The molecule has 1 amide bonds. The minimum atomic E-state index is 0.164. The highest BCUT2D eigenvalue weighted by molar-refractivity contribution is 5.94. The standard InChI is InChI=1S/C25H33N3O/c1-2-3-4-5-6-7-9-12-20-19-24(20)25(29)26-21-15-17-23(18-16-21)28-27-22-13-10-8-11-14-22/h8,10-11,13-18,20,24H,2-7,9,12,19H2,1H3,(H,26,29). The maximum Gasteiger partial charge on any atom is 0.227 e. The minimum absolute atomic E-state index is 0.164. The molecule has 4 heteroatoms. The SMILES string of the molecule is CCCCCCCCCC1CC1C(=O)Nc1ccc(N=Nc2ccccc2)cc1. The summed E-state index contributed by atoms with van der Waals surface area (Å²) in [5.41, 5.74) is 2.43. The summed E-state index contributed by atoms with van der Waals surface area (Å²) in [4.78, 5) is 12.4. The van der Waals surface area contributed by atoms with E-state index in [1.807, 2.05) is 54.6 Å². The zero-order valence-corrected chi connectivity index (χ0v) is 17.5. The highest BCUT2D eigenvalue weighted by Crippen LogP contribution is 2.43. The van der Waals surface area contributed by atoms with Gasteiger partial charge in [0.1, 0.15) is 0 Å². The first kappa shape index (κ1) is 21.2. The molecule has 1 N–H and O–H groups in total. The lowest BCUT2D eigenvalue weighted by molar-refractivity contribution is -0.117. The molecule has 1 aliphatic rings. The van der Waals surface area contributed by atoms with Crippen molar-refractivity contribution in [2.45, 2.75) is 64.7 Å². The van der Waals surface area contributed by atoms with E-state index in [2.05, 4.69) is 22.5 Å². The van der Waals surface area contributed by atoms with Crippen LogP contribution in [0.4, 0.5) is 17.1 Å². The Labute approximate surface area is 174 Å². The third-order valence-electron chi connectivity index (χ3n) is 5.61. The number of nitrogens with zero attached hydrogens (tertiary/aromatic N) is 2. The van der Waals surface area contributed by atoms with Crippen LogP contribution in [0.15, 0.2) is 64.8 Å². The van der Waals surface area contributed by atoms with Crippen molar-refractivity contribution in [1.29, 1.82) is 0 Å². The van der Waals surface area contributed by atoms with Gasteiger partial charge in [0.05, 0.1) is 11.4 Å². The molecule has 29 heavy (non-hydrogen) atoms. The molecule has 0 bridgehead atoms. The zero-order chi connectivity index (χ0) is 20.3. The first-order valence-electron chi connectivity index (χ1n) is 11.1. The molecule has 2 aromatic carbocycles. The maximum atomic E-state index is 12.4. The second-order valence-electron chi connectivity index (χ2n) is 8.08. The molecule has 1 saturated carbocycles. The summed E-state index contributed by atoms with van der Waals surface area (Å²) >= 11 is 0. The highest BCUT2D eigenvalue weighted by Gasteiger charge is 2.42. The van der Waals surface area contributed by atoms with Crippen LogP contribution in [0.1, 0.15) is 64.7 Å². The van der Waals surface area contributed by atoms with E-state index in [9.17, 15) is 4.79 Å². The second kappa shape index (κ2) is 11.5. The summed E-state index contributed by atoms with van der Waals surface area (Å²) in [5.74, 6) is 0.953. The van der Waals surface area contributed by atoms with E-state index >= 15 is 0 Å². The van der Waals surface area contributed by atoms with Gasteiger partial charge in [-0.1, -0.05) is 70.1 Å².